The minimum atomic E-state index is -2.15. The monoisotopic (exact) mass is 326 g/mol. The van der Waals surface area contributed by atoms with Crippen LogP contribution in [0.2, 0.25) is 0 Å². The van der Waals surface area contributed by atoms with Gasteiger partial charge in [-0.1, -0.05) is 12.1 Å². The average molecular weight is 326 g/mol. The van der Waals surface area contributed by atoms with E-state index in [1.807, 2.05) is 0 Å². The summed E-state index contributed by atoms with van der Waals surface area (Å²) in [5.74, 6) is -2.35. The zero-order valence-electron chi connectivity index (χ0n) is 12.3. The van der Waals surface area contributed by atoms with Crippen LogP contribution in [0.3, 0.4) is 0 Å². The van der Waals surface area contributed by atoms with Gasteiger partial charge < -0.3 is 30.3 Å². The first-order valence-electron chi connectivity index (χ1n) is 6.60. The molecular formula is C15H18O8. The number of aliphatic hydroxyl groups excluding tert-OH is 4. The van der Waals surface area contributed by atoms with Crippen LogP contribution in [-0.2, 0) is 9.59 Å². The van der Waals surface area contributed by atoms with E-state index in [0.717, 1.165) is 6.08 Å². The third kappa shape index (κ3) is 4.86. The highest BCUT2D eigenvalue weighted by Crippen LogP contribution is 2.26. The van der Waals surface area contributed by atoms with Crippen molar-refractivity contribution in [2.24, 2.45) is 0 Å². The molecule has 8 heteroatoms. The predicted molar refractivity (Wildman–Crippen MR) is 78.8 cm³/mol. The highest BCUT2D eigenvalue weighted by atomic mass is 16.5. The van der Waals surface area contributed by atoms with Crippen molar-refractivity contribution in [2.45, 2.75) is 18.3 Å². The molecule has 0 aliphatic rings. The topological polar surface area (TPSA) is 145 Å². The number of hydrogen-bond donors (Lipinski definition) is 5. The van der Waals surface area contributed by atoms with Gasteiger partial charge in [0.15, 0.2) is 11.5 Å². The summed E-state index contributed by atoms with van der Waals surface area (Å²) in [7, 11) is 1.35. The number of hydrogen-bond acceptors (Lipinski definition) is 8. The van der Waals surface area contributed by atoms with E-state index < -0.39 is 36.5 Å². The largest absolute Gasteiger partial charge is 0.504 e. The summed E-state index contributed by atoms with van der Waals surface area (Å²) in [5, 5.41) is 46.1. The molecule has 8 nitrogen and oxygen atoms in total. The van der Waals surface area contributed by atoms with E-state index >= 15 is 0 Å². The third-order valence-electron chi connectivity index (χ3n) is 3.05. The number of methoxy groups -OCH3 is 1. The first-order chi connectivity index (χ1) is 10.8. The van der Waals surface area contributed by atoms with Gasteiger partial charge in [-0.25, -0.2) is 0 Å². The summed E-state index contributed by atoms with van der Waals surface area (Å²) >= 11 is 0. The molecular weight excluding hydrogens is 308 g/mol. The summed E-state index contributed by atoms with van der Waals surface area (Å²) < 4.78 is 4.89. The van der Waals surface area contributed by atoms with Gasteiger partial charge in [0.2, 0.25) is 11.6 Å². The number of aliphatic hydroxyl groups is 4. The third-order valence-corrected chi connectivity index (χ3v) is 3.05. The lowest BCUT2D eigenvalue weighted by molar-refractivity contribution is -0.147. The number of carbonyl (C=O) groups excluding carboxylic acids is 2. The molecule has 1 rings (SSSR count). The summed E-state index contributed by atoms with van der Waals surface area (Å²) in [5.41, 5.74) is 0.450. The normalized spacial score (nSPS) is 15.2. The Kier molecular flexibility index (Phi) is 6.86. The Labute approximate surface area is 131 Å². The summed E-state index contributed by atoms with van der Waals surface area (Å²) in [6.07, 6.45) is -3.74. The Balaban J connectivity index is 2.80. The van der Waals surface area contributed by atoms with Crippen molar-refractivity contribution in [1.29, 1.82) is 0 Å². The fourth-order valence-electron chi connectivity index (χ4n) is 1.67. The lowest BCUT2D eigenvalue weighted by Gasteiger charge is -2.19. The average Bonchev–Trinajstić information content (AvgIpc) is 2.57. The van der Waals surface area contributed by atoms with Crippen LogP contribution in [0.4, 0.5) is 0 Å². The predicted octanol–water partition coefficient (Wildman–Crippen LogP) is -1.37. The van der Waals surface area contributed by atoms with Gasteiger partial charge in [-0.2, -0.15) is 0 Å². The van der Waals surface area contributed by atoms with Crippen LogP contribution in [-0.4, -0.2) is 69.1 Å². The molecule has 0 bridgehead atoms. The number of allylic oxidation sites excluding steroid dienone is 1. The summed E-state index contributed by atoms with van der Waals surface area (Å²) in [4.78, 5) is 23.3. The van der Waals surface area contributed by atoms with Crippen LogP contribution in [0.5, 0.6) is 11.5 Å². The number of phenols is 1. The molecule has 0 aliphatic carbocycles. The van der Waals surface area contributed by atoms with Gasteiger partial charge in [0.05, 0.1) is 13.7 Å². The Morgan fingerprint density at radius 1 is 1.26 bits per heavy atom. The van der Waals surface area contributed by atoms with E-state index in [1.54, 1.807) is 0 Å². The molecule has 0 aliphatic heterocycles. The number of aromatic hydroxyl groups is 1. The second kappa shape index (κ2) is 8.39. The minimum absolute atomic E-state index is 0.0939. The van der Waals surface area contributed by atoms with Crippen LogP contribution in [0, 0.1) is 0 Å². The molecule has 0 heterocycles. The van der Waals surface area contributed by atoms with Gasteiger partial charge in [-0.05, 0) is 23.8 Å². The van der Waals surface area contributed by atoms with Crippen molar-refractivity contribution in [3.05, 3.63) is 29.8 Å². The summed E-state index contributed by atoms with van der Waals surface area (Å²) in [6.45, 7) is -0.872. The molecule has 0 saturated heterocycles. The molecule has 0 saturated carbocycles. The summed E-state index contributed by atoms with van der Waals surface area (Å²) in [6, 6.07) is 4.22. The van der Waals surface area contributed by atoms with Gasteiger partial charge in [-0.3, -0.25) is 9.59 Å². The first-order valence-corrected chi connectivity index (χ1v) is 6.60. The smallest absolute Gasteiger partial charge is 0.233 e. The highest BCUT2D eigenvalue weighted by Gasteiger charge is 2.32. The molecule has 0 spiro atoms. The van der Waals surface area contributed by atoms with E-state index in [9.17, 15) is 24.9 Å². The van der Waals surface area contributed by atoms with Crippen molar-refractivity contribution in [3.63, 3.8) is 0 Å². The Bertz CT molecular complexity index is 595. The zero-order chi connectivity index (χ0) is 17.6. The van der Waals surface area contributed by atoms with Crippen molar-refractivity contribution >= 4 is 17.6 Å². The molecule has 126 valence electrons. The molecule has 3 atom stereocenters. The van der Waals surface area contributed by atoms with E-state index in [2.05, 4.69) is 0 Å². The number of ether oxygens (including phenoxy) is 1. The van der Waals surface area contributed by atoms with Crippen LogP contribution in [0.1, 0.15) is 5.56 Å². The van der Waals surface area contributed by atoms with E-state index in [4.69, 9.17) is 14.9 Å². The molecule has 0 radical (unpaired) electrons. The first kappa shape index (κ1) is 18.8. The minimum Gasteiger partial charge on any atom is -0.504 e. The molecule has 1 aromatic carbocycles. The molecule has 1 aromatic rings. The number of ketones is 2. The molecule has 5 N–H and O–H groups in total. The van der Waals surface area contributed by atoms with Crippen molar-refractivity contribution in [3.8, 4) is 11.5 Å². The van der Waals surface area contributed by atoms with Crippen molar-refractivity contribution < 1.29 is 39.9 Å². The lowest BCUT2D eigenvalue weighted by Crippen LogP contribution is -2.45. The van der Waals surface area contributed by atoms with Crippen LogP contribution < -0.4 is 4.74 Å². The van der Waals surface area contributed by atoms with Gasteiger partial charge >= 0.3 is 0 Å². The standard InChI is InChI=1S/C15H18O8/c1-23-12-6-8(2-4-9(12)17)3-5-10(18)13(20)15(22)14(21)11(19)7-16/h2-6,11,14-17,19,21-22H,7H2,1H3/b5-3+/t11-,14+,15+/m1/s1. The van der Waals surface area contributed by atoms with Gasteiger partial charge in [-0.15, -0.1) is 0 Å². The van der Waals surface area contributed by atoms with Gasteiger partial charge in [0.25, 0.3) is 0 Å². The zero-order valence-corrected chi connectivity index (χ0v) is 12.3. The van der Waals surface area contributed by atoms with Crippen LogP contribution in [0.25, 0.3) is 6.08 Å². The second-order valence-corrected chi connectivity index (χ2v) is 4.68. The van der Waals surface area contributed by atoms with Gasteiger partial charge in [0, 0.05) is 0 Å². The maximum Gasteiger partial charge on any atom is 0.233 e. The Morgan fingerprint density at radius 2 is 1.91 bits per heavy atom. The molecule has 0 amide bonds. The quantitative estimate of drug-likeness (QED) is 0.290. The molecule has 0 aromatic heterocycles. The number of Topliss-reactive ketones (excluding diaryl/α,β-unsaturated/α-hetero) is 1. The highest BCUT2D eigenvalue weighted by molar-refractivity contribution is 6.43. The lowest BCUT2D eigenvalue weighted by atomic mass is 10.0. The fourth-order valence-corrected chi connectivity index (χ4v) is 1.67. The van der Waals surface area contributed by atoms with Crippen LogP contribution in [0.15, 0.2) is 24.3 Å². The molecule has 0 unspecified atom stereocenters. The number of carbonyl (C=O) groups is 2. The van der Waals surface area contributed by atoms with E-state index in [0.29, 0.717) is 5.56 Å². The molecule has 23 heavy (non-hydrogen) atoms. The second-order valence-electron chi connectivity index (χ2n) is 4.68. The Hall–Kier alpha value is -2.26. The Morgan fingerprint density at radius 3 is 2.48 bits per heavy atom. The van der Waals surface area contributed by atoms with Gasteiger partial charge in [0.1, 0.15) is 18.3 Å². The van der Waals surface area contributed by atoms with Crippen molar-refractivity contribution in [1.82, 2.24) is 0 Å². The SMILES string of the molecule is COc1cc(/C=C/C(=O)C(=O)[C@H](O)[C@@H](O)[C@H](O)CO)ccc1O. The van der Waals surface area contributed by atoms with E-state index in [1.165, 1.54) is 31.4 Å². The van der Waals surface area contributed by atoms with Crippen molar-refractivity contribution in [2.75, 3.05) is 13.7 Å². The maximum absolute atomic E-state index is 11.7. The van der Waals surface area contributed by atoms with Crippen LogP contribution >= 0.6 is 0 Å². The number of benzene rings is 1. The number of phenolic OH excluding ortho intramolecular Hbond substituents is 1. The maximum atomic E-state index is 11.7. The fraction of sp³-hybridized carbons (Fsp3) is 0.333. The molecule has 0 fully saturated rings. The van der Waals surface area contributed by atoms with E-state index in [-0.39, 0.29) is 11.5 Å². The number of rotatable bonds is 8.